The summed E-state index contributed by atoms with van der Waals surface area (Å²) in [5.41, 5.74) is 0.900. The van der Waals surface area contributed by atoms with Gasteiger partial charge in [0.15, 0.2) is 0 Å². The predicted molar refractivity (Wildman–Crippen MR) is 49.0 cm³/mol. The minimum Gasteiger partial charge on any atom is -0.339 e. The molecule has 0 N–H and O–H groups in total. The SMILES string of the molecule is O=[N+]([O-])B1OCC(c2ccccc2)O1. The summed E-state index contributed by atoms with van der Waals surface area (Å²) in [4.78, 5) is 9.75. The zero-order valence-electron chi connectivity index (χ0n) is 7.33. The molecule has 1 atom stereocenters. The van der Waals surface area contributed by atoms with E-state index < -0.39 is 12.1 Å². The Morgan fingerprint density at radius 1 is 1.43 bits per heavy atom. The fourth-order valence-corrected chi connectivity index (χ4v) is 1.34. The second-order valence-electron chi connectivity index (χ2n) is 2.96. The van der Waals surface area contributed by atoms with E-state index in [1.807, 2.05) is 30.3 Å². The van der Waals surface area contributed by atoms with Gasteiger partial charge in [-0.3, -0.25) is 10.1 Å². The van der Waals surface area contributed by atoms with Gasteiger partial charge in [-0.1, -0.05) is 30.3 Å². The largest absolute Gasteiger partial charge is 0.904 e. The zero-order chi connectivity index (χ0) is 9.97. The highest BCUT2D eigenvalue weighted by Crippen LogP contribution is 2.24. The van der Waals surface area contributed by atoms with Crippen molar-refractivity contribution < 1.29 is 14.1 Å². The van der Waals surface area contributed by atoms with Crippen molar-refractivity contribution in [3.8, 4) is 0 Å². The molecule has 1 aliphatic heterocycles. The van der Waals surface area contributed by atoms with Crippen LogP contribution in [0.15, 0.2) is 30.3 Å². The van der Waals surface area contributed by atoms with Crippen molar-refractivity contribution in [3.05, 3.63) is 46.0 Å². The van der Waals surface area contributed by atoms with Gasteiger partial charge in [0, 0.05) is 4.83 Å². The molecule has 6 heteroatoms. The molecule has 1 heterocycles. The molecule has 0 aromatic heterocycles. The van der Waals surface area contributed by atoms with Crippen LogP contribution in [0.4, 0.5) is 0 Å². The van der Waals surface area contributed by atoms with Crippen LogP contribution in [0, 0.1) is 10.1 Å². The molecule has 72 valence electrons. The summed E-state index contributed by atoms with van der Waals surface area (Å²) in [5.74, 6) is 0. The minimum atomic E-state index is -1.32. The van der Waals surface area contributed by atoms with Crippen molar-refractivity contribution in [2.24, 2.45) is 0 Å². The monoisotopic (exact) mass is 193 g/mol. The van der Waals surface area contributed by atoms with Gasteiger partial charge < -0.3 is 9.31 Å². The molecule has 0 spiro atoms. The Morgan fingerprint density at radius 2 is 2.14 bits per heavy atom. The maximum Gasteiger partial charge on any atom is 0.904 e. The van der Waals surface area contributed by atoms with Crippen LogP contribution in [0.25, 0.3) is 0 Å². The van der Waals surface area contributed by atoms with Crippen molar-refractivity contribution in [3.63, 3.8) is 0 Å². The van der Waals surface area contributed by atoms with E-state index in [9.17, 15) is 10.1 Å². The summed E-state index contributed by atoms with van der Waals surface area (Å²) in [5, 5.41) is 10.3. The molecule has 1 aromatic rings. The molecule has 0 amide bonds. The van der Waals surface area contributed by atoms with Crippen LogP contribution in [0.5, 0.6) is 0 Å². The third kappa shape index (κ3) is 1.76. The molecular formula is C8H8BNO4. The molecule has 1 fully saturated rings. The Balaban J connectivity index is 2.06. The van der Waals surface area contributed by atoms with Crippen LogP contribution in [0.2, 0.25) is 0 Å². The number of hydrogen-bond donors (Lipinski definition) is 0. The van der Waals surface area contributed by atoms with Crippen LogP contribution in [0.1, 0.15) is 11.7 Å². The Bertz CT molecular complexity index is 331. The van der Waals surface area contributed by atoms with Crippen LogP contribution in [0.3, 0.4) is 0 Å². The molecule has 1 unspecified atom stereocenters. The van der Waals surface area contributed by atoms with E-state index in [-0.39, 0.29) is 12.7 Å². The van der Waals surface area contributed by atoms with E-state index in [0.29, 0.717) is 0 Å². The van der Waals surface area contributed by atoms with Gasteiger partial charge in [0.05, 0.1) is 12.7 Å². The van der Waals surface area contributed by atoms with E-state index in [0.717, 1.165) is 5.56 Å². The molecule has 14 heavy (non-hydrogen) atoms. The molecule has 5 nitrogen and oxygen atoms in total. The number of hydrogen-bond acceptors (Lipinski definition) is 4. The highest BCUT2D eigenvalue weighted by atomic mass is 16.7. The van der Waals surface area contributed by atoms with Crippen molar-refractivity contribution in [1.29, 1.82) is 0 Å². The van der Waals surface area contributed by atoms with E-state index >= 15 is 0 Å². The first-order chi connectivity index (χ1) is 6.77. The van der Waals surface area contributed by atoms with Crippen molar-refractivity contribution in [2.75, 3.05) is 6.61 Å². The minimum absolute atomic E-state index is 0.232. The number of benzene rings is 1. The summed E-state index contributed by atoms with van der Waals surface area (Å²) in [7, 11) is -1.32. The summed E-state index contributed by atoms with van der Waals surface area (Å²) < 4.78 is 9.95. The first kappa shape index (κ1) is 9.17. The van der Waals surface area contributed by atoms with Gasteiger partial charge in [-0.05, 0) is 5.56 Å². The molecule has 1 aromatic carbocycles. The maximum atomic E-state index is 10.3. The third-order valence-corrected chi connectivity index (χ3v) is 2.01. The quantitative estimate of drug-likeness (QED) is 0.399. The number of rotatable bonds is 2. The smallest absolute Gasteiger partial charge is 0.339 e. The lowest BCUT2D eigenvalue weighted by Crippen LogP contribution is -2.26. The molecule has 2 rings (SSSR count). The van der Waals surface area contributed by atoms with Crippen LogP contribution < -0.4 is 0 Å². The van der Waals surface area contributed by atoms with Crippen LogP contribution in [-0.4, -0.2) is 18.7 Å². The summed E-state index contributed by atoms with van der Waals surface area (Å²) >= 11 is 0. The third-order valence-electron chi connectivity index (χ3n) is 2.01. The lowest BCUT2D eigenvalue weighted by molar-refractivity contribution is -0.366. The van der Waals surface area contributed by atoms with Crippen LogP contribution >= 0.6 is 0 Å². The summed E-state index contributed by atoms with van der Waals surface area (Å²) in [6.45, 7) is 0.232. The molecule has 1 saturated heterocycles. The fraction of sp³-hybridized carbons (Fsp3) is 0.250. The first-order valence-corrected chi connectivity index (χ1v) is 4.23. The average molecular weight is 193 g/mol. The molecule has 0 saturated carbocycles. The van der Waals surface area contributed by atoms with E-state index in [1.54, 1.807) is 0 Å². The van der Waals surface area contributed by atoms with Crippen molar-refractivity contribution >= 4 is 7.25 Å². The van der Waals surface area contributed by atoms with E-state index in [4.69, 9.17) is 9.31 Å². The topological polar surface area (TPSA) is 61.6 Å². The van der Waals surface area contributed by atoms with Gasteiger partial charge in [-0.15, -0.1) is 0 Å². The highest BCUT2D eigenvalue weighted by molar-refractivity contribution is 6.35. The zero-order valence-corrected chi connectivity index (χ0v) is 7.33. The Labute approximate surface area is 81.0 Å². The van der Waals surface area contributed by atoms with E-state index in [2.05, 4.69) is 0 Å². The van der Waals surface area contributed by atoms with Crippen molar-refractivity contribution in [1.82, 2.24) is 0 Å². The van der Waals surface area contributed by atoms with Crippen molar-refractivity contribution in [2.45, 2.75) is 6.10 Å². The Morgan fingerprint density at radius 3 is 2.71 bits per heavy atom. The molecule has 0 radical (unpaired) electrons. The number of nitro groups is 1. The van der Waals surface area contributed by atoms with E-state index in [1.165, 1.54) is 0 Å². The number of nitrogens with zero attached hydrogens (tertiary/aromatic N) is 1. The first-order valence-electron chi connectivity index (χ1n) is 4.23. The van der Waals surface area contributed by atoms with Gasteiger partial charge in [-0.25, -0.2) is 0 Å². The predicted octanol–water partition coefficient (Wildman–Crippen LogP) is 1.04. The molecule has 0 aliphatic carbocycles. The fourth-order valence-electron chi connectivity index (χ4n) is 1.34. The van der Waals surface area contributed by atoms with Gasteiger partial charge in [0.2, 0.25) is 0 Å². The van der Waals surface area contributed by atoms with Gasteiger partial charge in [0.1, 0.15) is 0 Å². The Kier molecular flexibility index (Phi) is 2.47. The van der Waals surface area contributed by atoms with Gasteiger partial charge >= 0.3 is 7.25 Å². The van der Waals surface area contributed by atoms with Gasteiger partial charge in [-0.2, -0.15) is 0 Å². The average Bonchev–Trinajstić information content (AvgIpc) is 2.68. The lowest BCUT2D eigenvalue weighted by Gasteiger charge is -2.06. The summed E-state index contributed by atoms with van der Waals surface area (Å²) in [6, 6.07) is 9.31. The summed E-state index contributed by atoms with van der Waals surface area (Å²) in [6.07, 6.45) is -0.327. The normalized spacial score (nSPS) is 21.1. The highest BCUT2D eigenvalue weighted by Gasteiger charge is 2.48. The molecule has 1 aliphatic rings. The standard InChI is InChI=1S/C8H8BNO4/c11-10(12)9-13-6-8(14-9)7-4-2-1-3-5-7/h1-5,8H,6H2. The van der Waals surface area contributed by atoms with Crippen LogP contribution in [-0.2, 0) is 9.31 Å². The second kappa shape index (κ2) is 3.77. The second-order valence-corrected chi connectivity index (χ2v) is 2.96. The van der Waals surface area contributed by atoms with Gasteiger partial charge in [0.25, 0.3) is 0 Å². The lowest BCUT2D eigenvalue weighted by atomic mass is 10.1. The molecule has 0 bridgehead atoms. The molecular weight excluding hydrogens is 185 g/mol. The maximum absolute atomic E-state index is 10.3. The Hall–Kier alpha value is -1.40.